The molecule has 16 heavy (non-hydrogen) atoms. The Labute approximate surface area is 84.4 Å². The van der Waals surface area contributed by atoms with Crippen molar-refractivity contribution < 1.29 is 40.3 Å². The van der Waals surface area contributed by atoms with Gasteiger partial charge in [0.25, 0.3) is 0 Å². The molecule has 9 heteroatoms. The van der Waals surface area contributed by atoms with E-state index in [-0.39, 0.29) is 0 Å². The maximum atomic E-state index is 12.8. The van der Waals surface area contributed by atoms with E-state index in [4.69, 9.17) is 0 Å². The van der Waals surface area contributed by atoms with Gasteiger partial charge >= 0.3 is 18.0 Å². The van der Waals surface area contributed by atoms with Crippen LogP contribution in [0.15, 0.2) is 0 Å². The molecule has 0 spiro atoms. The molecule has 0 amide bonds. The van der Waals surface area contributed by atoms with Crippen LogP contribution in [0.2, 0.25) is 0 Å². The minimum Gasteiger partial charge on any atom is -0.300 e. The Bertz CT molecular complexity index is 287. The maximum absolute atomic E-state index is 12.8. The van der Waals surface area contributed by atoms with Crippen LogP contribution in [-0.2, 0) is 9.59 Å². The van der Waals surface area contributed by atoms with E-state index in [0.29, 0.717) is 6.92 Å². The fourth-order valence-corrected chi connectivity index (χ4v) is 0.825. The molecule has 0 radical (unpaired) electrons. The fourth-order valence-electron chi connectivity index (χ4n) is 0.825. The van der Waals surface area contributed by atoms with Crippen LogP contribution in [-0.4, -0.2) is 29.6 Å². The Hall–Kier alpha value is -1.15. The molecule has 0 unspecified atom stereocenters. The molecule has 0 aliphatic heterocycles. The summed E-state index contributed by atoms with van der Waals surface area (Å²) in [4.78, 5) is 20.8. The highest BCUT2D eigenvalue weighted by Crippen LogP contribution is 2.47. The lowest BCUT2D eigenvalue weighted by atomic mass is 9.95. The molecule has 0 bridgehead atoms. The lowest BCUT2D eigenvalue weighted by Crippen LogP contribution is -2.59. The highest BCUT2D eigenvalue weighted by molar-refractivity contribution is 6.03. The van der Waals surface area contributed by atoms with E-state index in [1.54, 1.807) is 0 Å². The zero-order valence-corrected chi connectivity index (χ0v) is 7.67. The zero-order valence-electron chi connectivity index (χ0n) is 7.67. The number of hydrogen-bond acceptors (Lipinski definition) is 2. The molecule has 0 heterocycles. The average Bonchev–Trinajstić information content (AvgIpc) is 1.96. The third-order valence-corrected chi connectivity index (χ3v) is 1.57. The van der Waals surface area contributed by atoms with Crippen molar-refractivity contribution in [3.63, 3.8) is 0 Å². The summed E-state index contributed by atoms with van der Waals surface area (Å²) in [6, 6.07) is 0. The second-order valence-corrected chi connectivity index (χ2v) is 2.96. The number of hydrogen-bond donors (Lipinski definition) is 0. The van der Waals surface area contributed by atoms with Gasteiger partial charge in [-0.15, -0.1) is 0 Å². The minimum atomic E-state index is -6.45. The number of ketones is 2. The van der Waals surface area contributed by atoms with E-state index in [2.05, 4.69) is 0 Å². The van der Waals surface area contributed by atoms with Crippen LogP contribution in [0.3, 0.4) is 0 Å². The molecule has 2 nitrogen and oxygen atoms in total. The van der Waals surface area contributed by atoms with Gasteiger partial charge in [0, 0.05) is 0 Å². The normalized spacial score (nSPS) is 13.8. The van der Waals surface area contributed by atoms with Gasteiger partial charge in [0.05, 0.1) is 6.42 Å². The number of rotatable bonds is 3. The topological polar surface area (TPSA) is 34.1 Å². The number of alkyl halides is 7. The summed E-state index contributed by atoms with van der Waals surface area (Å²) in [7, 11) is 0. The molecule has 94 valence electrons. The third-order valence-electron chi connectivity index (χ3n) is 1.57. The molecule has 0 saturated carbocycles. The molecule has 0 N–H and O–H groups in total. The SMILES string of the molecule is CC(=O)CC(=O)C(F)(C(F)(F)F)C(F)(F)F. The molecule has 0 aromatic rings. The second kappa shape index (κ2) is 4.02. The molecule has 0 atom stereocenters. The van der Waals surface area contributed by atoms with Gasteiger partial charge < -0.3 is 0 Å². The lowest BCUT2D eigenvalue weighted by molar-refractivity contribution is -0.324. The first-order valence-corrected chi connectivity index (χ1v) is 3.69. The van der Waals surface area contributed by atoms with Crippen LogP contribution in [0.5, 0.6) is 0 Å². The summed E-state index contributed by atoms with van der Waals surface area (Å²) in [5.41, 5.74) is -5.99. The maximum Gasteiger partial charge on any atom is 0.439 e. The summed E-state index contributed by atoms with van der Waals surface area (Å²) in [6.07, 6.45) is -14.7. The van der Waals surface area contributed by atoms with E-state index in [9.17, 15) is 40.3 Å². The summed E-state index contributed by atoms with van der Waals surface area (Å²) in [6.45, 7) is 0.574. The highest BCUT2D eigenvalue weighted by atomic mass is 19.4. The Morgan fingerprint density at radius 3 is 1.38 bits per heavy atom. The van der Waals surface area contributed by atoms with Crippen LogP contribution in [0, 0.1) is 0 Å². The standard InChI is InChI=1S/C7H5F7O2/c1-3(15)2-4(16)5(8,6(9,10)11)7(12,13)14/h2H2,1H3. The van der Waals surface area contributed by atoms with Crippen LogP contribution < -0.4 is 0 Å². The summed E-state index contributed by atoms with van der Waals surface area (Å²) >= 11 is 0. The van der Waals surface area contributed by atoms with Gasteiger partial charge in [0.15, 0.2) is 5.78 Å². The molecule has 0 fully saturated rings. The first-order chi connectivity index (χ1) is 6.84. The van der Waals surface area contributed by atoms with Crippen molar-refractivity contribution in [1.82, 2.24) is 0 Å². The molecular weight excluding hydrogens is 249 g/mol. The quantitative estimate of drug-likeness (QED) is 0.572. The van der Waals surface area contributed by atoms with Gasteiger partial charge in [-0.3, -0.25) is 9.59 Å². The molecule has 0 aliphatic rings. The van der Waals surface area contributed by atoms with E-state index in [1.165, 1.54) is 0 Å². The van der Waals surface area contributed by atoms with Gasteiger partial charge in [0.1, 0.15) is 5.78 Å². The summed E-state index contributed by atoms with van der Waals surface area (Å²) in [5.74, 6) is -4.15. The van der Waals surface area contributed by atoms with Crippen molar-refractivity contribution in [2.45, 2.75) is 31.4 Å². The number of halogens is 7. The largest absolute Gasteiger partial charge is 0.439 e. The predicted octanol–water partition coefficient (Wildman–Crippen LogP) is 2.37. The Morgan fingerprint density at radius 1 is 0.875 bits per heavy atom. The van der Waals surface area contributed by atoms with Crippen molar-refractivity contribution >= 4 is 11.6 Å². The first kappa shape index (κ1) is 14.8. The zero-order chi connectivity index (χ0) is 13.4. The van der Waals surface area contributed by atoms with Crippen molar-refractivity contribution in [2.75, 3.05) is 0 Å². The predicted molar refractivity (Wildman–Crippen MR) is 36.3 cm³/mol. The van der Waals surface area contributed by atoms with E-state index in [0.717, 1.165) is 0 Å². The van der Waals surface area contributed by atoms with E-state index < -0.39 is 36.0 Å². The second-order valence-electron chi connectivity index (χ2n) is 2.96. The van der Waals surface area contributed by atoms with Gasteiger partial charge in [-0.25, -0.2) is 4.39 Å². The van der Waals surface area contributed by atoms with Gasteiger partial charge in [-0.05, 0) is 6.92 Å². The van der Waals surface area contributed by atoms with Crippen LogP contribution >= 0.6 is 0 Å². The van der Waals surface area contributed by atoms with Crippen LogP contribution in [0.25, 0.3) is 0 Å². The molecule has 0 rings (SSSR count). The van der Waals surface area contributed by atoms with Gasteiger partial charge in [-0.2, -0.15) is 26.3 Å². The molecule has 0 saturated heterocycles. The Balaban J connectivity index is 5.44. The van der Waals surface area contributed by atoms with E-state index >= 15 is 0 Å². The summed E-state index contributed by atoms with van der Waals surface area (Å²) in [5, 5.41) is 0. The lowest BCUT2D eigenvalue weighted by Gasteiger charge is -2.28. The average molecular weight is 254 g/mol. The van der Waals surface area contributed by atoms with Crippen LogP contribution in [0.4, 0.5) is 30.7 Å². The van der Waals surface area contributed by atoms with E-state index in [1.807, 2.05) is 0 Å². The summed E-state index contributed by atoms with van der Waals surface area (Å²) < 4.78 is 84.1. The molecule has 0 aromatic carbocycles. The molecular formula is C7H5F7O2. The van der Waals surface area contributed by atoms with Crippen molar-refractivity contribution in [3.8, 4) is 0 Å². The Kier molecular flexibility index (Phi) is 3.73. The first-order valence-electron chi connectivity index (χ1n) is 3.69. The molecule has 0 aliphatic carbocycles. The van der Waals surface area contributed by atoms with Crippen molar-refractivity contribution in [1.29, 1.82) is 0 Å². The minimum absolute atomic E-state index is 0.574. The number of carbonyl (C=O) groups is 2. The van der Waals surface area contributed by atoms with Crippen molar-refractivity contribution in [2.24, 2.45) is 0 Å². The number of Topliss-reactive ketones (excluding diaryl/α,β-unsaturated/α-hetero) is 2. The van der Waals surface area contributed by atoms with Gasteiger partial charge in [-0.1, -0.05) is 0 Å². The number of carbonyl (C=O) groups excluding carboxylic acids is 2. The highest BCUT2D eigenvalue weighted by Gasteiger charge is 2.76. The van der Waals surface area contributed by atoms with Crippen molar-refractivity contribution in [3.05, 3.63) is 0 Å². The molecule has 0 aromatic heterocycles. The fraction of sp³-hybridized carbons (Fsp3) is 0.714. The smallest absolute Gasteiger partial charge is 0.300 e. The van der Waals surface area contributed by atoms with Crippen LogP contribution in [0.1, 0.15) is 13.3 Å². The Morgan fingerprint density at radius 2 is 1.19 bits per heavy atom. The third kappa shape index (κ3) is 2.50. The van der Waals surface area contributed by atoms with Gasteiger partial charge in [0.2, 0.25) is 0 Å². The monoisotopic (exact) mass is 254 g/mol.